The van der Waals surface area contributed by atoms with E-state index in [1.807, 2.05) is 0 Å². The lowest BCUT2D eigenvalue weighted by Crippen LogP contribution is -2.55. The van der Waals surface area contributed by atoms with Crippen LogP contribution in [0.4, 0.5) is 0 Å². The Hall–Kier alpha value is -0.450. The van der Waals surface area contributed by atoms with Crippen LogP contribution in [0.5, 0.6) is 0 Å². The topological polar surface area (TPSA) is 67.2 Å². The second-order valence-corrected chi connectivity index (χ2v) is 9.89. The number of nitrogens with one attached hydrogen (secondary N) is 2. The normalized spacial score (nSPS) is 14.2. The van der Waals surface area contributed by atoms with E-state index < -0.39 is 0 Å². The van der Waals surface area contributed by atoms with Gasteiger partial charge in [0, 0.05) is 16.6 Å². The highest BCUT2D eigenvalue weighted by molar-refractivity contribution is 5.77. The SMILES string of the molecule is CC(=O)CNC(C)(C)CC(C)(C)CC(C)(C)NC(C)(C)CCN. The van der Waals surface area contributed by atoms with E-state index in [0.717, 1.165) is 19.3 Å². The Kier molecular flexibility index (Phi) is 7.93. The molecule has 0 aromatic carbocycles. The second-order valence-electron chi connectivity index (χ2n) is 9.89. The minimum absolute atomic E-state index is 0.0266. The van der Waals surface area contributed by atoms with Gasteiger partial charge in [0.25, 0.3) is 0 Å². The molecule has 0 aliphatic heterocycles. The van der Waals surface area contributed by atoms with Crippen molar-refractivity contribution in [2.45, 2.75) is 98.2 Å². The Morgan fingerprint density at radius 1 is 0.870 bits per heavy atom. The van der Waals surface area contributed by atoms with Crippen LogP contribution in [0.2, 0.25) is 0 Å². The van der Waals surface area contributed by atoms with Crippen LogP contribution in [-0.2, 0) is 4.79 Å². The quantitative estimate of drug-likeness (QED) is 0.545. The summed E-state index contributed by atoms with van der Waals surface area (Å²) in [4.78, 5) is 11.2. The van der Waals surface area contributed by atoms with Gasteiger partial charge in [-0.1, -0.05) is 13.8 Å². The Morgan fingerprint density at radius 2 is 1.35 bits per heavy atom. The van der Waals surface area contributed by atoms with Gasteiger partial charge in [0.15, 0.2) is 0 Å². The summed E-state index contributed by atoms with van der Waals surface area (Å²) >= 11 is 0. The lowest BCUT2D eigenvalue weighted by atomic mass is 9.72. The molecule has 0 aliphatic carbocycles. The van der Waals surface area contributed by atoms with Crippen LogP contribution in [0.15, 0.2) is 0 Å². The average molecular weight is 328 g/mol. The Bertz CT molecular complexity index is 384. The molecule has 0 saturated carbocycles. The molecule has 0 heterocycles. The molecule has 0 fully saturated rings. The Labute approximate surface area is 144 Å². The van der Waals surface area contributed by atoms with Crippen molar-refractivity contribution in [3.63, 3.8) is 0 Å². The van der Waals surface area contributed by atoms with E-state index in [0.29, 0.717) is 13.1 Å². The van der Waals surface area contributed by atoms with Crippen molar-refractivity contribution in [3.8, 4) is 0 Å². The van der Waals surface area contributed by atoms with Gasteiger partial charge in [0.2, 0.25) is 0 Å². The summed E-state index contributed by atoms with van der Waals surface area (Å²) in [5.41, 5.74) is 5.89. The van der Waals surface area contributed by atoms with Crippen LogP contribution in [0, 0.1) is 5.41 Å². The van der Waals surface area contributed by atoms with Crippen molar-refractivity contribution in [1.82, 2.24) is 10.6 Å². The summed E-state index contributed by atoms with van der Waals surface area (Å²) < 4.78 is 0. The lowest BCUT2D eigenvalue weighted by molar-refractivity contribution is -0.116. The molecule has 0 spiro atoms. The highest BCUT2D eigenvalue weighted by Crippen LogP contribution is 2.36. The molecule has 23 heavy (non-hydrogen) atoms. The highest BCUT2D eigenvalue weighted by Gasteiger charge is 2.36. The molecule has 0 radical (unpaired) electrons. The summed E-state index contributed by atoms with van der Waals surface area (Å²) in [6, 6.07) is 0. The second kappa shape index (κ2) is 8.09. The first kappa shape index (κ1) is 22.6. The first-order valence-corrected chi connectivity index (χ1v) is 8.84. The molecule has 4 heteroatoms. The van der Waals surface area contributed by atoms with Crippen LogP contribution in [0.25, 0.3) is 0 Å². The summed E-state index contributed by atoms with van der Waals surface area (Å²) in [7, 11) is 0. The predicted octanol–water partition coefficient (Wildman–Crippen LogP) is 3.25. The number of carbonyl (C=O) groups excluding carboxylic acids is 1. The van der Waals surface area contributed by atoms with Crippen molar-refractivity contribution < 1.29 is 4.79 Å². The zero-order valence-corrected chi connectivity index (χ0v) is 17.0. The summed E-state index contributed by atoms with van der Waals surface area (Å²) in [6.45, 7) is 20.7. The van der Waals surface area contributed by atoms with Crippen molar-refractivity contribution in [2.24, 2.45) is 11.1 Å². The van der Waals surface area contributed by atoms with Gasteiger partial charge < -0.3 is 16.4 Å². The van der Waals surface area contributed by atoms with Crippen LogP contribution in [-0.4, -0.2) is 35.5 Å². The first-order chi connectivity index (χ1) is 10.1. The van der Waals surface area contributed by atoms with Gasteiger partial charge in [-0.2, -0.15) is 0 Å². The molecule has 0 amide bonds. The van der Waals surface area contributed by atoms with Gasteiger partial charge in [0.05, 0.1) is 6.54 Å². The lowest BCUT2D eigenvalue weighted by Gasteiger charge is -2.44. The van der Waals surface area contributed by atoms with Crippen molar-refractivity contribution in [1.29, 1.82) is 0 Å². The molecule has 0 aromatic rings. The van der Waals surface area contributed by atoms with E-state index in [-0.39, 0.29) is 27.8 Å². The van der Waals surface area contributed by atoms with Crippen LogP contribution >= 0.6 is 0 Å². The molecular weight excluding hydrogens is 286 g/mol. The van der Waals surface area contributed by atoms with Gasteiger partial charge in [-0.05, 0) is 79.7 Å². The Balaban J connectivity index is 4.78. The number of nitrogens with two attached hydrogens (primary N) is 1. The number of ketones is 1. The number of rotatable bonds is 11. The minimum atomic E-state index is -0.0575. The fourth-order valence-corrected chi connectivity index (χ4v) is 4.27. The summed E-state index contributed by atoms with van der Waals surface area (Å²) in [6.07, 6.45) is 3.03. The molecule has 4 nitrogen and oxygen atoms in total. The van der Waals surface area contributed by atoms with Crippen LogP contribution < -0.4 is 16.4 Å². The van der Waals surface area contributed by atoms with E-state index in [1.165, 1.54) is 0 Å². The van der Waals surface area contributed by atoms with Crippen molar-refractivity contribution in [3.05, 3.63) is 0 Å². The number of carbonyl (C=O) groups is 1. The third-order valence-electron chi connectivity index (χ3n) is 4.10. The number of hydrogen-bond acceptors (Lipinski definition) is 4. The van der Waals surface area contributed by atoms with E-state index in [1.54, 1.807) is 6.92 Å². The zero-order chi connectivity index (χ0) is 18.5. The smallest absolute Gasteiger partial charge is 0.143 e. The molecule has 0 rings (SSSR count). The maximum Gasteiger partial charge on any atom is 0.143 e. The zero-order valence-electron chi connectivity index (χ0n) is 17.0. The highest BCUT2D eigenvalue weighted by atomic mass is 16.1. The predicted molar refractivity (Wildman–Crippen MR) is 101 cm³/mol. The van der Waals surface area contributed by atoms with E-state index in [2.05, 4.69) is 66.0 Å². The fraction of sp³-hybridized carbons (Fsp3) is 0.947. The molecule has 0 saturated heterocycles. The number of Topliss-reactive ketones (excluding diaryl/α,β-unsaturated/α-hetero) is 1. The first-order valence-electron chi connectivity index (χ1n) is 8.84. The van der Waals surface area contributed by atoms with Gasteiger partial charge in [-0.25, -0.2) is 0 Å². The maximum absolute atomic E-state index is 11.2. The molecule has 0 aromatic heterocycles. The average Bonchev–Trinajstić information content (AvgIpc) is 2.20. The molecule has 138 valence electrons. The maximum atomic E-state index is 11.2. The van der Waals surface area contributed by atoms with Gasteiger partial charge >= 0.3 is 0 Å². The van der Waals surface area contributed by atoms with Crippen LogP contribution in [0.3, 0.4) is 0 Å². The molecule has 0 aliphatic rings. The van der Waals surface area contributed by atoms with E-state index in [9.17, 15) is 4.79 Å². The molecule has 0 atom stereocenters. The third kappa shape index (κ3) is 10.9. The minimum Gasteiger partial charge on any atom is -0.330 e. The monoisotopic (exact) mass is 327 g/mol. The molecule has 0 bridgehead atoms. The van der Waals surface area contributed by atoms with Gasteiger partial charge in [0.1, 0.15) is 5.78 Å². The Morgan fingerprint density at radius 3 is 1.78 bits per heavy atom. The largest absolute Gasteiger partial charge is 0.330 e. The van der Waals surface area contributed by atoms with E-state index in [4.69, 9.17) is 5.73 Å². The standard InChI is InChI=1S/C19H41N3O/c1-15(23)12-21-18(6,7)13-16(2,3)14-19(8,9)22-17(4,5)10-11-20/h21-22H,10-14,20H2,1-9H3. The summed E-state index contributed by atoms with van der Waals surface area (Å²) in [5, 5.41) is 7.15. The summed E-state index contributed by atoms with van der Waals surface area (Å²) in [5.74, 6) is 0.182. The van der Waals surface area contributed by atoms with Crippen LogP contribution in [0.1, 0.15) is 81.6 Å². The van der Waals surface area contributed by atoms with Gasteiger partial charge in [-0.3, -0.25) is 4.79 Å². The molecule has 0 unspecified atom stereocenters. The molecular formula is C19H41N3O. The number of hydrogen-bond donors (Lipinski definition) is 3. The van der Waals surface area contributed by atoms with Crippen molar-refractivity contribution in [2.75, 3.05) is 13.1 Å². The third-order valence-corrected chi connectivity index (χ3v) is 4.10. The fourth-order valence-electron chi connectivity index (χ4n) is 4.27. The van der Waals surface area contributed by atoms with Crippen molar-refractivity contribution >= 4 is 5.78 Å². The van der Waals surface area contributed by atoms with Gasteiger partial charge in [-0.15, -0.1) is 0 Å². The molecule has 4 N–H and O–H groups in total. The van der Waals surface area contributed by atoms with E-state index >= 15 is 0 Å².